The molecule has 18 heavy (non-hydrogen) atoms. The number of rotatable bonds is 4. The zero-order chi connectivity index (χ0) is 12.4. The van der Waals surface area contributed by atoms with E-state index in [2.05, 4.69) is 34.7 Å². The molecular formula is C15H17N3. The van der Waals surface area contributed by atoms with Gasteiger partial charge in [0.2, 0.25) is 0 Å². The molecule has 1 aliphatic carbocycles. The highest BCUT2D eigenvalue weighted by atomic mass is 15.2. The Morgan fingerprint density at radius 3 is 2.72 bits per heavy atom. The number of nitrogens with one attached hydrogen (secondary N) is 1. The zero-order valence-corrected chi connectivity index (χ0v) is 10.2. The van der Waals surface area contributed by atoms with Crippen LogP contribution in [0.25, 0.3) is 0 Å². The summed E-state index contributed by atoms with van der Waals surface area (Å²) < 4.78 is 0. The van der Waals surface area contributed by atoms with Crippen LogP contribution in [-0.2, 0) is 6.42 Å². The molecule has 3 rings (SSSR count). The summed E-state index contributed by atoms with van der Waals surface area (Å²) in [5.41, 5.74) is 7.08. The van der Waals surface area contributed by atoms with Gasteiger partial charge in [0.15, 0.2) is 0 Å². The summed E-state index contributed by atoms with van der Waals surface area (Å²) in [4.78, 5) is 4.04. The lowest BCUT2D eigenvalue weighted by Gasteiger charge is -2.33. The van der Waals surface area contributed by atoms with E-state index in [1.807, 2.05) is 24.5 Å². The SMILES string of the molecule is NNC(CC1Cc2ccccc21)c1ccncc1. The maximum Gasteiger partial charge on any atom is 0.0467 e. The summed E-state index contributed by atoms with van der Waals surface area (Å²) >= 11 is 0. The van der Waals surface area contributed by atoms with Crippen molar-refractivity contribution in [2.45, 2.75) is 24.8 Å². The Hall–Kier alpha value is -1.71. The molecule has 3 heteroatoms. The number of nitrogens with two attached hydrogens (primary N) is 1. The van der Waals surface area contributed by atoms with Gasteiger partial charge in [-0.15, -0.1) is 0 Å². The standard InChI is InChI=1S/C15H17N3/c16-18-15(11-5-7-17-8-6-11)10-13-9-12-3-1-2-4-14(12)13/h1-8,13,15,18H,9-10,16H2. The van der Waals surface area contributed by atoms with E-state index < -0.39 is 0 Å². The topological polar surface area (TPSA) is 50.9 Å². The van der Waals surface area contributed by atoms with Gasteiger partial charge in [0, 0.05) is 18.4 Å². The fourth-order valence-corrected chi connectivity index (χ4v) is 2.75. The molecule has 1 aromatic carbocycles. The van der Waals surface area contributed by atoms with Crippen LogP contribution in [0.4, 0.5) is 0 Å². The van der Waals surface area contributed by atoms with Gasteiger partial charge in [0.05, 0.1) is 0 Å². The maximum atomic E-state index is 5.68. The lowest BCUT2D eigenvalue weighted by Crippen LogP contribution is -2.31. The summed E-state index contributed by atoms with van der Waals surface area (Å²) in [7, 11) is 0. The smallest absolute Gasteiger partial charge is 0.0467 e. The van der Waals surface area contributed by atoms with Gasteiger partial charge in [0.25, 0.3) is 0 Å². The minimum Gasteiger partial charge on any atom is -0.271 e. The van der Waals surface area contributed by atoms with Gasteiger partial charge in [0.1, 0.15) is 0 Å². The fourth-order valence-electron chi connectivity index (χ4n) is 2.75. The number of benzene rings is 1. The summed E-state index contributed by atoms with van der Waals surface area (Å²) in [6.07, 6.45) is 5.83. The normalized spacial score (nSPS) is 18.8. The second kappa shape index (κ2) is 4.88. The Labute approximate surface area is 107 Å². The molecule has 2 atom stereocenters. The zero-order valence-electron chi connectivity index (χ0n) is 10.2. The van der Waals surface area contributed by atoms with Crippen molar-refractivity contribution >= 4 is 0 Å². The largest absolute Gasteiger partial charge is 0.271 e. The Balaban J connectivity index is 1.74. The van der Waals surface area contributed by atoms with Crippen molar-refractivity contribution in [2.24, 2.45) is 5.84 Å². The van der Waals surface area contributed by atoms with Gasteiger partial charge in [-0.1, -0.05) is 24.3 Å². The number of pyridine rings is 1. The van der Waals surface area contributed by atoms with Crippen molar-refractivity contribution in [1.82, 2.24) is 10.4 Å². The number of nitrogens with zero attached hydrogens (tertiary/aromatic N) is 1. The molecule has 1 aromatic heterocycles. The van der Waals surface area contributed by atoms with Crippen LogP contribution in [0.3, 0.4) is 0 Å². The summed E-state index contributed by atoms with van der Waals surface area (Å²) in [5.74, 6) is 6.30. The van der Waals surface area contributed by atoms with Crippen LogP contribution in [0.2, 0.25) is 0 Å². The molecule has 0 spiro atoms. The molecule has 2 aromatic rings. The third kappa shape index (κ3) is 2.03. The van der Waals surface area contributed by atoms with Crippen LogP contribution < -0.4 is 11.3 Å². The van der Waals surface area contributed by atoms with Crippen molar-refractivity contribution in [2.75, 3.05) is 0 Å². The minimum absolute atomic E-state index is 0.200. The molecule has 0 bridgehead atoms. The van der Waals surface area contributed by atoms with Gasteiger partial charge in [-0.3, -0.25) is 16.3 Å². The highest BCUT2D eigenvalue weighted by Crippen LogP contribution is 2.40. The van der Waals surface area contributed by atoms with E-state index >= 15 is 0 Å². The predicted molar refractivity (Wildman–Crippen MR) is 71.8 cm³/mol. The highest BCUT2D eigenvalue weighted by molar-refractivity contribution is 5.40. The van der Waals surface area contributed by atoms with Gasteiger partial charge < -0.3 is 0 Å². The summed E-state index contributed by atoms with van der Waals surface area (Å²) in [6.45, 7) is 0. The quantitative estimate of drug-likeness (QED) is 0.636. The second-order valence-electron chi connectivity index (χ2n) is 4.84. The van der Waals surface area contributed by atoms with Gasteiger partial charge in [-0.2, -0.15) is 0 Å². The first-order valence-corrected chi connectivity index (χ1v) is 6.32. The molecule has 92 valence electrons. The van der Waals surface area contributed by atoms with Crippen LogP contribution in [0.1, 0.15) is 35.1 Å². The Morgan fingerprint density at radius 2 is 2.00 bits per heavy atom. The molecule has 3 nitrogen and oxygen atoms in total. The van der Waals surface area contributed by atoms with E-state index in [4.69, 9.17) is 5.84 Å². The molecule has 0 aliphatic heterocycles. The monoisotopic (exact) mass is 239 g/mol. The van der Waals surface area contributed by atoms with Gasteiger partial charge in [-0.05, 0) is 47.6 Å². The third-order valence-electron chi connectivity index (χ3n) is 3.79. The molecule has 2 unspecified atom stereocenters. The number of hydrogen-bond donors (Lipinski definition) is 2. The Bertz CT molecular complexity index is 524. The molecule has 0 saturated heterocycles. The number of aromatic nitrogens is 1. The lowest BCUT2D eigenvalue weighted by molar-refractivity contribution is 0.435. The maximum absolute atomic E-state index is 5.68. The van der Waals surface area contributed by atoms with E-state index in [1.165, 1.54) is 23.1 Å². The first kappa shape index (κ1) is 11.4. The summed E-state index contributed by atoms with van der Waals surface area (Å²) in [6, 6.07) is 12.9. The minimum atomic E-state index is 0.200. The average molecular weight is 239 g/mol. The van der Waals surface area contributed by atoms with Gasteiger partial charge in [-0.25, -0.2) is 0 Å². The van der Waals surface area contributed by atoms with Crippen molar-refractivity contribution in [1.29, 1.82) is 0 Å². The van der Waals surface area contributed by atoms with Gasteiger partial charge >= 0.3 is 0 Å². The lowest BCUT2D eigenvalue weighted by atomic mass is 9.74. The molecule has 1 heterocycles. The van der Waals surface area contributed by atoms with Crippen molar-refractivity contribution in [3.8, 4) is 0 Å². The molecular weight excluding hydrogens is 222 g/mol. The molecule has 1 aliphatic rings. The van der Waals surface area contributed by atoms with Crippen molar-refractivity contribution < 1.29 is 0 Å². The molecule has 0 amide bonds. The van der Waals surface area contributed by atoms with Crippen LogP contribution in [0.15, 0.2) is 48.8 Å². The summed E-state index contributed by atoms with van der Waals surface area (Å²) in [5, 5.41) is 0. The first-order valence-electron chi connectivity index (χ1n) is 6.32. The van der Waals surface area contributed by atoms with E-state index in [0.29, 0.717) is 5.92 Å². The van der Waals surface area contributed by atoms with E-state index in [9.17, 15) is 0 Å². The molecule has 3 N–H and O–H groups in total. The number of hydrazine groups is 1. The number of hydrogen-bond acceptors (Lipinski definition) is 3. The Kier molecular flexibility index (Phi) is 3.09. The van der Waals surface area contributed by atoms with E-state index in [-0.39, 0.29) is 6.04 Å². The second-order valence-corrected chi connectivity index (χ2v) is 4.84. The Morgan fingerprint density at radius 1 is 1.22 bits per heavy atom. The van der Waals surface area contributed by atoms with Crippen molar-refractivity contribution in [3.63, 3.8) is 0 Å². The molecule has 0 fully saturated rings. The number of fused-ring (bicyclic) bond motifs is 1. The van der Waals surface area contributed by atoms with Crippen molar-refractivity contribution in [3.05, 3.63) is 65.5 Å². The van der Waals surface area contributed by atoms with E-state index in [0.717, 1.165) is 6.42 Å². The molecule has 0 saturated carbocycles. The first-order chi connectivity index (χ1) is 8.88. The third-order valence-corrected chi connectivity index (χ3v) is 3.79. The van der Waals surface area contributed by atoms with Crippen LogP contribution in [0.5, 0.6) is 0 Å². The molecule has 0 radical (unpaired) electrons. The van der Waals surface area contributed by atoms with E-state index in [1.54, 1.807) is 0 Å². The fraction of sp³-hybridized carbons (Fsp3) is 0.267. The van der Waals surface area contributed by atoms with Crippen LogP contribution in [0, 0.1) is 0 Å². The van der Waals surface area contributed by atoms with Crippen LogP contribution >= 0.6 is 0 Å². The van der Waals surface area contributed by atoms with Crippen LogP contribution in [-0.4, -0.2) is 4.98 Å². The highest BCUT2D eigenvalue weighted by Gasteiger charge is 2.28. The predicted octanol–water partition coefficient (Wildman–Crippen LogP) is 2.32. The average Bonchev–Trinajstić information content (AvgIpc) is 2.41.